The molecule has 0 radical (unpaired) electrons. The minimum absolute atomic E-state index is 0.0302. The number of nitrogens with zero attached hydrogens (tertiary/aromatic N) is 1. The Hall–Kier alpha value is -2.99. The quantitative estimate of drug-likeness (QED) is 0.382. The van der Waals surface area contributed by atoms with Crippen LogP contribution in [-0.2, 0) is 4.79 Å². The van der Waals surface area contributed by atoms with Crippen molar-refractivity contribution in [1.29, 1.82) is 0 Å². The van der Waals surface area contributed by atoms with Gasteiger partial charge < -0.3 is 5.32 Å². The van der Waals surface area contributed by atoms with Crippen LogP contribution in [0.1, 0.15) is 22.8 Å². The number of Topliss-reactive ketones (excluding diaryl/α,β-unsaturated/α-hetero) is 1. The Morgan fingerprint density at radius 1 is 1.21 bits per heavy atom. The highest BCUT2D eigenvalue weighted by molar-refractivity contribution is 6.32. The standard InChI is InChI=1S/C17H13ClN2O4/c1-11(21)13-3-2-4-14(10-13)19-17(22)8-6-12-5-7-15(18)16(9-12)20(23)24/h2-10H,1H3,(H,19,22)/b8-6+. The van der Waals surface area contributed by atoms with Crippen LogP contribution in [0.2, 0.25) is 5.02 Å². The van der Waals surface area contributed by atoms with Crippen molar-refractivity contribution in [2.24, 2.45) is 0 Å². The number of nitrogens with one attached hydrogen (secondary N) is 1. The fraction of sp³-hybridized carbons (Fsp3) is 0.0588. The number of benzene rings is 2. The Kier molecular flexibility index (Phi) is 5.44. The van der Waals surface area contributed by atoms with Gasteiger partial charge >= 0.3 is 0 Å². The summed E-state index contributed by atoms with van der Waals surface area (Å²) in [7, 11) is 0. The summed E-state index contributed by atoms with van der Waals surface area (Å²) in [4.78, 5) is 33.5. The SMILES string of the molecule is CC(=O)c1cccc(NC(=O)/C=C/c2ccc(Cl)c([N+](=O)[O-])c2)c1. The van der Waals surface area contributed by atoms with E-state index in [1.54, 1.807) is 30.3 Å². The number of hydrogen-bond donors (Lipinski definition) is 1. The second-order valence-electron chi connectivity index (χ2n) is 4.93. The molecule has 6 nitrogen and oxygen atoms in total. The predicted molar refractivity (Wildman–Crippen MR) is 92.2 cm³/mol. The zero-order valence-electron chi connectivity index (χ0n) is 12.7. The maximum Gasteiger partial charge on any atom is 0.288 e. The van der Waals surface area contributed by atoms with Gasteiger partial charge in [0.1, 0.15) is 5.02 Å². The molecular formula is C17H13ClN2O4. The van der Waals surface area contributed by atoms with Crippen molar-refractivity contribution in [3.05, 3.63) is 74.8 Å². The van der Waals surface area contributed by atoms with E-state index in [0.29, 0.717) is 16.8 Å². The summed E-state index contributed by atoms with van der Waals surface area (Å²) in [5, 5.41) is 13.5. The Labute approximate surface area is 142 Å². The van der Waals surface area contributed by atoms with Crippen LogP contribution in [0.3, 0.4) is 0 Å². The van der Waals surface area contributed by atoms with E-state index in [2.05, 4.69) is 5.32 Å². The van der Waals surface area contributed by atoms with Gasteiger partial charge in [-0.2, -0.15) is 0 Å². The van der Waals surface area contributed by atoms with Crippen LogP contribution in [0.25, 0.3) is 6.08 Å². The molecule has 1 N–H and O–H groups in total. The van der Waals surface area contributed by atoms with Gasteiger partial charge in [-0.3, -0.25) is 19.7 Å². The molecular weight excluding hydrogens is 332 g/mol. The molecule has 0 unspecified atom stereocenters. The molecule has 0 aliphatic rings. The van der Waals surface area contributed by atoms with Gasteiger partial charge in [-0.25, -0.2) is 0 Å². The molecule has 0 heterocycles. The normalized spacial score (nSPS) is 10.6. The molecule has 24 heavy (non-hydrogen) atoms. The Morgan fingerprint density at radius 2 is 1.96 bits per heavy atom. The van der Waals surface area contributed by atoms with Crippen LogP contribution >= 0.6 is 11.6 Å². The zero-order valence-corrected chi connectivity index (χ0v) is 13.4. The molecule has 1 amide bonds. The maximum atomic E-state index is 11.9. The van der Waals surface area contributed by atoms with Gasteiger partial charge in [0.15, 0.2) is 5.78 Å². The second-order valence-corrected chi connectivity index (χ2v) is 5.33. The number of ketones is 1. The van der Waals surface area contributed by atoms with Crippen molar-refractivity contribution in [2.75, 3.05) is 5.32 Å². The number of rotatable bonds is 5. The molecule has 0 spiro atoms. The Morgan fingerprint density at radius 3 is 2.62 bits per heavy atom. The molecule has 0 aliphatic heterocycles. The molecule has 0 aromatic heterocycles. The lowest BCUT2D eigenvalue weighted by Crippen LogP contribution is -2.08. The van der Waals surface area contributed by atoms with E-state index >= 15 is 0 Å². The summed E-state index contributed by atoms with van der Waals surface area (Å²) >= 11 is 5.73. The summed E-state index contributed by atoms with van der Waals surface area (Å²) in [5.74, 6) is -0.525. The smallest absolute Gasteiger partial charge is 0.288 e. The van der Waals surface area contributed by atoms with Gasteiger partial charge in [-0.1, -0.05) is 29.8 Å². The van der Waals surface area contributed by atoms with Crippen molar-refractivity contribution in [3.8, 4) is 0 Å². The van der Waals surface area contributed by atoms with E-state index in [0.717, 1.165) is 0 Å². The van der Waals surface area contributed by atoms with Gasteiger partial charge in [-0.15, -0.1) is 0 Å². The largest absolute Gasteiger partial charge is 0.322 e. The molecule has 122 valence electrons. The summed E-state index contributed by atoms with van der Waals surface area (Å²) in [6.45, 7) is 1.44. The summed E-state index contributed by atoms with van der Waals surface area (Å²) in [5.41, 5.74) is 1.22. The summed E-state index contributed by atoms with van der Waals surface area (Å²) < 4.78 is 0. The molecule has 0 aliphatic carbocycles. The van der Waals surface area contributed by atoms with Crippen molar-refractivity contribution < 1.29 is 14.5 Å². The first-order chi connectivity index (χ1) is 11.4. The van der Waals surface area contributed by atoms with Gasteiger partial charge in [-0.05, 0) is 36.8 Å². The highest BCUT2D eigenvalue weighted by Crippen LogP contribution is 2.25. The van der Waals surface area contributed by atoms with E-state index in [4.69, 9.17) is 11.6 Å². The number of anilines is 1. The third-order valence-electron chi connectivity index (χ3n) is 3.13. The fourth-order valence-corrected chi connectivity index (χ4v) is 2.13. The topological polar surface area (TPSA) is 89.3 Å². The molecule has 0 bridgehead atoms. The molecule has 0 atom stereocenters. The number of carbonyl (C=O) groups is 2. The summed E-state index contributed by atoms with van der Waals surface area (Å²) in [6, 6.07) is 10.8. The first-order valence-electron chi connectivity index (χ1n) is 6.91. The van der Waals surface area contributed by atoms with E-state index in [1.807, 2.05) is 0 Å². The first kappa shape index (κ1) is 17.4. The summed E-state index contributed by atoms with van der Waals surface area (Å²) in [6.07, 6.45) is 2.68. The lowest BCUT2D eigenvalue weighted by atomic mass is 10.1. The fourth-order valence-electron chi connectivity index (χ4n) is 1.95. The average Bonchev–Trinajstić information content (AvgIpc) is 2.54. The molecule has 0 saturated carbocycles. The minimum atomic E-state index is -0.590. The van der Waals surface area contributed by atoms with Crippen LogP contribution < -0.4 is 5.32 Å². The van der Waals surface area contributed by atoms with Crippen molar-refractivity contribution in [1.82, 2.24) is 0 Å². The predicted octanol–water partition coefficient (Wildman–Crippen LogP) is 4.10. The van der Waals surface area contributed by atoms with E-state index in [1.165, 1.54) is 31.2 Å². The first-order valence-corrected chi connectivity index (χ1v) is 7.28. The van der Waals surface area contributed by atoms with Crippen LogP contribution in [0.5, 0.6) is 0 Å². The third-order valence-corrected chi connectivity index (χ3v) is 3.45. The molecule has 0 fully saturated rings. The zero-order chi connectivity index (χ0) is 17.7. The Balaban J connectivity index is 2.11. The number of nitro benzene ring substituents is 1. The van der Waals surface area contributed by atoms with Crippen molar-refractivity contribution in [2.45, 2.75) is 6.92 Å². The van der Waals surface area contributed by atoms with Crippen LogP contribution in [-0.4, -0.2) is 16.6 Å². The molecule has 2 aromatic carbocycles. The lowest BCUT2D eigenvalue weighted by molar-refractivity contribution is -0.384. The molecule has 2 rings (SSSR count). The van der Waals surface area contributed by atoms with Gasteiger partial charge in [0.25, 0.3) is 5.69 Å². The van der Waals surface area contributed by atoms with Gasteiger partial charge in [0.2, 0.25) is 5.91 Å². The monoisotopic (exact) mass is 344 g/mol. The minimum Gasteiger partial charge on any atom is -0.322 e. The molecule has 2 aromatic rings. The highest BCUT2D eigenvalue weighted by atomic mass is 35.5. The molecule has 0 saturated heterocycles. The molecule has 7 heteroatoms. The third kappa shape index (κ3) is 4.50. The number of halogens is 1. The van der Waals surface area contributed by atoms with Crippen LogP contribution in [0.15, 0.2) is 48.5 Å². The maximum absolute atomic E-state index is 11.9. The number of hydrogen-bond acceptors (Lipinski definition) is 4. The van der Waals surface area contributed by atoms with Gasteiger partial charge in [0, 0.05) is 23.4 Å². The lowest BCUT2D eigenvalue weighted by Gasteiger charge is -2.03. The van der Waals surface area contributed by atoms with E-state index in [-0.39, 0.29) is 16.5 Å². The van der Waals surface area contributed by atoms with E-state index in [9.17, 15) is 19.7 Å². The number of amides is 1. The van der Waals surface area contributed by atoms with Gasteiger partial charge in [0.05, 0.1) is 4.92 Å². The Bertz CT molecular complexity index is 846. The van der Waals surface area contributed by atoms with Crippen LogP contribution in [0.4, 0.5) is 11.4 Å². The van der Waals surface area contributed by atoms with Crippen molar-refractivity contribution >= 4 is 40.7 Å². The number of carbonyl (C=O) groups excluding carboxylic acids is 2. The average molecular weight is 345 g/mol. The van der Waals surface area contributed by atoms with Crippen LogP contribution in [0, 0.1) is 10.1 Å². The highest BCUT2D eigenvalue weighted by Gasteiger charge is 2.11. The van der Waals surface area contributed by atoms with E-state index < -0.39 is 10.8 Å². The van der Waals surface area contributed by atoms with Crippen molar-refractivity contribution in [3.63, 3.8) is 0 Å². The second kappa shape index (κ2) is 7.52. The number of nitro groups is 1.